The first kappa shape index (κ1) is 15.5. The second-order valence-electron chi connectivity index (χ2n) is 6.76. The van der Waals surface area contributed by atoms with Gasteiger partial charge in [-0.25, -0.2) is 0 Å². The Hall–Kier alpha value is -1.36. The molecule has 2 aliphatic carbocycles. The van der Waals surface area contributed by atoms with Crippen LogP contribution >= 0.6 is 11.3 Å². The number of hydrogen-bond acceptors (Lipinski definition) is 3. The topological polar surface area (TPSA) is 58.2 Å². The van der Waals surface area contributed by atoms with E-state index < -0.39 is 0 Å². The summed E-state index contributed by atoms with van der Waals surface area (Å²) in [7, 11) is 0. The van der Waals surface area contributed by atoms with Gasteiger partial charge in [-0.3, -0.25) is 20.4 Å². The molecule has 2 amide bonds. The average Bonchev–Trinajstić information content (AvgIpc) is 3.13. The van der Waals surface area contributed by atoms with Gasteiger partial charge in [0.05, 0.1) is 4.88 Å². The lowest BCUT2D eigenvalue weighted by Gasteiger charge is -2.16. The average molecular weight is 320 g/mol. The molecule has 1 fully saturated rings. The van der Waals surface area contributed by atoms with E-state index in [1.54, 1.807) is 11.3 Å². The zero-order valence-corrected chi connectivity index (χ0v) is 13.9. The molecule has 0 unspecified atom stereocenters. The molecule has 0 spiro atoms. The van der Waals surface area contributed by atoms with E-state index in [4.69, 9.17) is 0 Å². The van der Waals surface area contributed by atoms with Gasteiger partial charge in [0.1, 0.15) is 0 Å². The van der Waals surface area contributed by atoms with Crippen LogP contribution < -0.4 is 10.9 Å². The van der Waals surface area contributed by atoms with E-state index in [0.29, 0.717) is 23.1 Å². The molecule has 4 nitrogen and oxygen atoms in total. The lowest BCUT2D eigenvalue weighted by Crippen LogP contribution is -2.41. The van der Waals surface area contributed by atoms with Gasteiger partial charge in [-0.15, -0.1) is 11.3 Å². The molecule has 1 aromatic heterocycles. The highest BCUT2D eigenvalue weighted by Gasteiger charge is 2.22. The van der Waals surface area contributed by atoms with Gasteiger partial charge in [-0.2, -0.15) is 0 Å². The summed E-state index contributed by atoms with van der Waals surface area (Å²) in [4.78, 5) is 26.1. The molecule has 0 radical (unpaired) electrons. The Morgan fingerprint density at radius 1 is 1.23 bits per heavy atom. The number of hydrogen-bond donors (Lipinski definition) is 2. The summed E-state index contributed by atoms with van der Waals surface area (Å²) < 4.78 is 0. The Balaban J connectivity index is 1.50. The SMILES string of the molecule is C[C@H]1CCc2sc(C(=O)NNC(=O)CC3CCCC3)cc2C1. The molecule has 3 rings (SSSR count). The molecule has 5 heteroatoms. The number of fused-ring (bicyclic) bond motifs is 1. The second kappa shape index (κ2) is 6.82. The molecule has 0 bridgehead atoms. The van der Waals surface area contributed by atoms with Crippen LogP contribution in [0.3, 0.4) is 0 Å². The fourth-order valence-electron chi connectivity index (χ4n) is 3.53. The zero-order valence-electron chi connectivity index (χ0n) is 13.1. The van der Waals surface area contributed by atoms with E-state index in [1.807, 2.05) is 6.07 Å². The minimum Gasteiger partial charge on any atom is -0.273 e. The largest absolute Gasteiger partial charge is 0.279 e. The zero-order chi connectivity index (χ0) is 15.5. The minimum atomic E-state index is -0.188. The number of amides is 2. The molecule has 120 valence electrons. The van der Waals surface area contributed by atoms with Crippen molar-refractivity contribution in [1.29, 1.82) is 0 Å². The van der Waals surface area contributed by atoms with E-state index in [0.717, 1.165) is 25.7 Å². The van der Waals surface area contributed by atoms with Gasteiger partial charge in [0.15, 0.2) is 0 Å². The van der Waals surface area contributed by atoms with Crippen LogP contribution in [0.2, 0.25) is 0 Å². The highest BCUT2D eigenvalue weighted by Crippen LogP contribution is 2.32. The summed E-state index contributed by atoms with van der Waals surface area (Å²) in [6, 6.07) is 1.99. The van der Waals surface area contributed by atoms with Crippen molar-refractivity contribution < 1.29 is 9.59 Å². The van der Waals surface area contributed by atoms with Crippen LogP contribution in [0.5, 0.6) is 0 Å². The maximum absolute atomic E-state index is 12.2. The molecule has 0 saturated heterocycles. The highest BCUT2D eigenvalue weighted by molar-refractivity contribution is 7.14. The first-order valence-electron chi connectivity index (χ1n) is 8.32. The van der Waals surface area contributed by atoms with Crippen molar-refractivity contribution in [2.45, 2.75) is 58.3 Å². The van der Waals surface area contributed by atoms with Gasteiger partial charge in [0.25, 0.3) is 5.91 Å². The molecule has 22 heavy (non-hydrogen) atoms. The van der Waals surface area contributed by atoms with Crippen LogP contribution in [0.25, 0.3) is 0 Å². The minimum absolute atomic E-state index is 0.0739. The predicted octanol–water partition coefficient (Wildman–Crippen LogP) is 3.21. The van der Waals surface area contributed by atoms with Crippen LogP contribution in [-0.4, -0.2) is 11.8 Å². The molecule has 1 atom stereocenters. The quantitative estimate of drug-likeness (QED) is 0.840. The summed E-state index contributed by atoms with van der Waals surface area (Å²) >= 11 is 1.57. The normalized spacial score (nSPS) is 21.4. The Morgan fingerprint density at radius 2 is 2.00 bits per heavy atom. The Labute approximate surface area is 135 Å². The van der Waals surface area contributed by atoms with Gasteiger partial charge in [0, 0.05) is 11.3 Å². The van der Waals surface area contributed by atoms with Crippen LogP contribution in [0.4, 0.5) is 0 Å². The third kappa shape index (κ3) is 3.69. The summed E-state index contributed by atoms with van der Waals surface area (Å²) in [5.41, 5.74) is 6.44. The Morgan fingerprint density at radius 3 is 2.77 bits per heavy atom. The predicted molar refractivity (Wildman–Crippen MR) is 87.7 cm³/mol. The maximum Gasteiger partial charge on any atom is 0.279 e. The molecule has 2 N–H and O–H groups in total. The van der Waals surface area contributed by atoms with Crippen LogP contribution in [0.15, 0.2) is 6.07 Å². The third-order valence-corrected chi connectivity index (χ3v) is 6.05. The molecule has 0 aliphatic heterocycles. The molecule has 1 saturated carbocycles. The lowest BCUT2D eigenvalue weighted by atomic mass is 9.90. The number of carbonyl (C=O) groups excluding carboxylic acids is 2. The summed E-state index contributed by atoms with van der Waals surface area (Å²) in [5.74, 6) is 0.929. The Bertz CT molecular complexity index is 561. The summed E-state index contributed by atoms with van der Waals surface area (Å²) in [5, 5.41) is 0. The third-order valence-electron chi connectivity index (χ3n) is 4.82. The van der Waals surface area contributed by atoms with Crippen molar-refractivity contribution in [2.24, 2.45) is 11.8 Å². The van der Waals surface area contributed by atoms with Crippen molar-refractivity contribution in [3.8, 4) is 0 Å². The highest BCUT2D eigenvalue weighted by atomic mass is 32.1. The first-order chi connectivity index (χ1) is 10.6. The van der Waals surface area contributed by atoms with Gasteiger partial charge in [-0.1, -0.05) is 19.8 Å². The van der Waals surface area contributed by atoms with Crippen LogP contribution in [0, 0.1) is 11.8 Å². The lowest BCUT2D eigenvalue weighted by molar-refractivity contribution is -0.122. The number of aryl methyl sites for hydroxylation is 1. The summed E-state index contributed by atoms with van der Waals surface area (Å²) in [6.45, 7) is 2.25. The van der Waals surface area contributed by atoms with E-state index in [9.17, 15) is 9.59 Å². The van der Waals surface area contributed by atoms with Crippen molar-refractivity contribution >= 4 is 23.2 Å². The van der Waals surface area contributed by atoms with Gasteiger partial charge < -0.3 is 0 Å². The Kier molecular flexibility index (Phi) is 4.81. The molecule has 1 heterocycles. The van der Waals surface area contributed by atoms with Gasteiger partial charge >= 0.3 is 0 Å². The van der Waals surface area contributed by atoms with E-state index in [1.165, 1.54) is 29.7 Å². The second-order valence-corrected chi connectivity index (χ2v) is 7.90. The van der Waals surface area contributed by atoms with Crippen molar-refractivity contribution in [3.05, 3.63) is 21.4 Å². The molecule has 0 aromatic carbocycles. The molecular formula is C17H24N2O2S. The fraction of sp³-hybridized carbons (Fsp3) is 0.647. The summed E-state index contributed by atoms with van der Waals surface area (Å²) in [6.07, 6.45) is 8.59. The van der Waals surface area contributed by atoms with Gasteiger partial charge in [-0.05, 0) is 55.6 Å². The number of hydrazine groups is 1. The van der Waals surface area contributed by atoms with Crippen molar-refractivity contribution in [2.75, 3.05) is 0 Å². The number of nitrogens with one attached hydrogen (secondary N) is 2. The standard InChI is InChI=1S/C17H24N2O2S/c1-11-6-7-14-13(8-11)10-15(22-14)17(21)19-18-16(20)9-12-4-2-3-5-12/h10-12H,2-9H2,1H3,(H,18,20)(H,19,21)/t11-/m0/s1. The van der Waals surface area contributed by atoms with E-state index in [2.05, 4.69) is 17.8 Å². The molecule has 1 aromatic rings. The van der Waals surface area contributed by atoms with E-state index in [-0.39, 0.29) is 11.8 Å². The van der Waals surface area contributed by atoms with Crippen molar-refractivity contribution in [1.82, 2.24) is 10.9 Å². The van der Waals surface area contributed by atoms with E-state index >= 15 is 0 Å². The van der Waals surface area contributed by atoms with Crippen molar-refractivity contribution in [3.63, 3.8) is 0 Å². The van der Waals surface area contributed by atoms with Crippen LogP contribution in [0.1, 0.15) is 65.6 Å². The monoisotopic (exact) mass is 320 g/mol. The first-order valence-corrected chi connectivity index (χ1v) is 9.14. The molecular weight excluding hydrogens is 296 g/mol. The molecule has 2 aliphatic rings. The van der Waals surface area contributed by atoms with Crippen LogP contribution in [-0.2, 0) is 17.6 Å². The number of thiophene rings is 1. The smallest absolute Gasteiger partial charge is 0.273 e. The van der Waals surface area contributed by atoms with Gasteiger partial charge in [0.2, 0.25) is 5.91 Å². The number of carbonyl (C=O) groups is 2. The number of rotatable bonds is 3. The fourth-order valence-corrected chi connectivity index (χ4v) is 4.64. The maximum atomic E-state index is 12.2.